The van der Waals surface area contributed by atoms with E-state index in [1.807, 2.05) is 26.1 Å². The van der Waals surface area contributed by atoms with Crippen LogP contribution in [0.3, 0.4) is 0 Å². The third kappa shape index (κ3) is 3.29. The van der Waals surface area contributed by atoms with Crippen molar-refractivity contribution in [3.63, 3.8) is 0 Å². The van der Waals surface area contributed by atoms with Gasteiger partial charge in [0.05, 0.1) is 11.1 Å². The molecule has 2 N–H and O–H groups in total. The zero-order valence-electron chi connectivity index (χ0n) is 11.5. The Kier molecular flexibility index (Phi) is 4.97. The summed E-state index contributed by atoms with van der Waals surface area (Å²) in [6.07, 6.45) is 1.49. The Hall–Kier alpha value is -1.60. The van der Waals surface area contributed by atoms with Crippen LogP contribution in [0.4, 0.5) is 0 Å². The van der Waals surface area contributed by atoms with Gasteiger partial charge in [0.25, 0.3) is 0 Å². The van der Waals surface area contributed by atoms with E-state index in [2.05, 4.69) is 26.0 Å². The lowest BCUT2D eigenvalue weighted by Crippen LogP contribution is -2.07. The molecule has 0 unspecified atom stereocenters. The molecular formula is C13H17BrN4O2. The van der Waals surface area contributed by atoms with Crippen LogP contribution in [-0.4, -0.2) is 21.4 Å². The maximum Gasteiger partial charge on any atom is 0.176 e. The fraction of sp³-hybridized carbons (Fsp3) is 0.385. The van der Waals surface area contributed by atoms with Gasteiger partial charge in [-0.3, -0.25) is 4.68 Å². The van der Waals surface area contributed by atoms with Gasteiger partial charge in [0.15, 0.2) is 17.3 Å². The fourth-order valence-electron chi connectivity index (χ4n) is 1.73. The number of aryl methyl sites for hydroxylation is 1. The Bertz CT molecular complexity index is 586. The highest BCUT2D eigenvalue weighted by molar-refractivity contribution is 9.10. The number of rotatable bonds is 6. The fourth-order valence-corrected chi connectivity index (χ4v) is 2.33. The van der Waals surface area contributed by atoms with Crippen LogP contribution in [0.5, 0.6) is 11.5 Å². The third-order valence-electron chi connectivity index (χ3n) is 2.76. The Morgan fingerprint density at radius 2 is 2.15 bits per heavy atom. The zero-order chi connectivity index (χ0) is 14.5. The molecule has 0 aliphatic carbocycles. The lowest BCUT2D eigenvalue weighted by molar-refractivity contribution is 0.258. The van der Waals surface area contributed by atoms with Gasteiger partial charge in [0.1, 0.15) is 12.9 Å². The maximum absolute atomic E-state index is 5.81. The van der Waals surface area contributed by atoms with Gasteiger partial charge in [-0.25, -0.2) is 4.98 Å². The first-order valence-electron chi connectivity index (χ1n) is 6.26. The lowest BCUT2D eigenvalue weighted by Gasteiger charge is -2.14. The van der Waals surface area contributed by atoms with Crippen LogP contribution in [0.15, 0.2) is 22.9 Å². The Balaban J connectivity index is 2.23. The summed E-state index contributed by atoms with van der Waals surface area (Å²) in [6, 6.07) is 3.81. The van der Waals surface area contributed by atoms with Crippen LogP contribution in [0.25, 0.3) is 0 Å². The number of benzene rings is 1. The van der Waals surface area contributed by atoms with Crippen LogP contribution < -0.4 is 15.2 Å². The highest BCUT2D eigenvalue weighted by Gasteiger charge is 2.13. The molecule has 6 nitrogen and oxygen atoms in total. The first-order valence-corrected chi connectivity index (χ1v) is 7.06. The topological polar surface area (TPSA) is 75.2 Å². The van der Waals surface area contributed by atoms with Crippen LogP contribution in [0.2, 0.25) is 0 Å². The number of hydrogen-bond donors (Lipinski definition) is 1. The highest BCUT2D eigenvalue weighted by atomic mass is 79.9. The summed E-state index contributed by atoms with van der Waals surface area (Å²) in [6.45, 7) is 3.25. The van der Waals surface area contributed by atoms with Crippen molar-refractivity contribution >= 4 is 15.9 Å². The summed E-state index contributed by atoms with van der Waals surface area (Å²) in [5, 5.41) is 4.00. The summed E-state index contributed by atoms with van der Waals surface area (Å²) < 4.78 is 13.9. The summed E-state index contributed by atoms with van der Waals surface area (Å²) in [5.74, 6) is 2.05. The normalized spacial score (nSPS) is 10.6. The van der Waals surface area contributed by atoms with E-state index in [-0.39, 0.29) is 0 Å². The van der Waals surface area contributed by atoms with Gasteiger partial charge in [-0.1, -0.05) is 0 Å². The maximum atomic E-state index is 5.81. The Morgan fingerprint density at radius 3 is 2.75 bits per heavy atom. The van der Waals surface area contributed by atoms with Gasteiger partial charge in [-0.15, -0.1) is 0 Å². The van der Waals surface area contributed by atoms with Gasteiger partial charge in [-0.2, -0.15) is 5.10 Å². The van der Waals surface area contributed by atoms with Crippen molar-refractivity contribution in [2.75, 3.05) is 6.61 Å². The SMILES string of the molecule is CCOc1cc(CN)cc(Br)c1OCc1ncnn1C. The summed E-state index contributed by atoms with van der Waals surface area (Å²) in [4.78, 5) is 4.12. The summed E-state index contributed by atoms with van der Waals surface area (Å²) in [7, 11) is 1.82. The molecule has 0 saturated heterocycles. The minimum Gasteiger partial charge on any atom is -0.490 e. The largest absolute Gasteiger partial charge is 0.490 e. The average molecular weight is 341 g/mol. The number of halogens is 1. The van der Waals surface area contributed by atoms with Crippen LogP contribution in [-0.2, 0) is 20.2 Å². The number of hydrogen-bond acceptors (Lipinski definition) is 5. The molecule has 0 amide bonds. The molecule has 20 heavy (non-hydrogen) atoms. The molecule has 2 rings (SSSR count). The number of nitrogens with two attached hydrogens (primary N) is 1. The van der Waals surface area contributed by atoms with Crippen LogP contribution in [0.1, 0.15) is 18.3 Å². The van der Waals surface area contributed by atoms with E-state index in [1.165, 1.54) is 6.33 Å². The van der Waals surface area contributed by atoms with Crippen molar-refractivity contribution in [1.29, 1.82) is 0 Å². The standard InChI is InChI=1S/C13H17BrN4O2/c1-3-19-11-5-9(6-15)4-10(14)13(11)20-7-12-16-8-17-18(12)2/h4-5,8H,3,6-7,15H2,1-2H3. The second-order valence-electron chi connectivity index (χ2n) is 4.13. The molecule has 0 aliphatic rings. The predicted molar refractivity (Wildman–Crippen MR) is 78.5 cm³/mol. The number of aromatic nitrogens is 3. The van der Waals surface area contributed by atoms with Gasteiger partial charge in [-0.05, 0) is 40.5 Å². The predicted octanol–water partition coefficient (Wildman–Crippen LogP) is 2.01. The van der Waals surface area contributed by atoms with Crippen molar-refractivity contribution in [3.8, 4) is 11.5 Å². The van der Waals surface area contributed by atoms with Crippen molar-refractivity contribution < 1.29 is 9.47 Å². The highest BCUT2D eigenvalue weighted by Crippen LogP contribution is 2.37. The van der Waals surface area contributed by atoms with Crippen molar-refractivity contribution in [2.24, 2.45) is 12.8 Å². The van der Waals surface area contributed by atoms with Crippen LogP contribution in [0, 0.1) is 0 Å². The van der Waals surface area contributed by atoms with Gasteiger partial charge in [0, 0.05) is 13.6 Å². The molecule has 2 aromatic rings. The molecule has 1 heterocycles. The molecule has 0 spiro atoms. The van der Waals surface area contributed by atoms with E-state index in [1.54, 1.807) is 4.68 Å². The van der Waals surface area contributed by atoms with E-state index in [4.69, 9.17) is 15.2 Å². The Labute approximate surface area is 126 Å². The van der Waals surface area contributed by atoms with Crippen molar-refractivity contribution in [1.82, 2.24) is 14.8 Å². The minimum atomic E-state index is 0.317. The second-order valence-corrected chi connectivity index (χ2v) is 4.98. The van der Waals surface area contributed by atoms with E-state index in [0.717, 1.165) is 15.9 Å². The molecule has 1 aromatic heterocycles. The molecule has 0 bridgehead atoms. The van der Waals surface area contributed by atoms with Gasteiger partial charge in [0.2, 0.25) is 0 Å². The molecule has 108 valence electrons. The number of nitrogens with zero attached hydrogens (tertiary/aromatic N) is 3. The zero-order valence-corrected chi connectivity index (χ0v) is 13.1. The molecule has 0 atom stereocenters. The molecule has 0 saturated carbocycles. The van der Waals surface area contributed by atoms with Crippen molar-refractivity contribution in [2.45, 2.75) is 20.1 Å². The molecule has 1 aromatic carbocycles. The summed E-state index contributed by atoms with van der Waals surface area (Å²) >= 11 is 3.49. The monoisotopic (exact) mass is 340 g/mol. The molecule has 0 aliphatic heterocycles. The average Bonchev–Trinajstić information content (AvgIpc) is 2.83. The molecule has 7 heteroatoms. The van der Waals surface area contributed by atoms with E-state index in [9.17, 15) is 0 Å². The van der Waals surface area contributed by atoms with Crippen LogP contribution >= 0.6 is 15.9 Å². The molecular weight excluding hydrogens is 324 g/mol. The third-order valence-corrected chi connectivity index (χ3v) is 3.34. The smallest absolute Gasteiger partial charge is 0.176 e. The van der Waals surface area contributed by atoms with Gasteiger partial charge < -0.3 is 15.2 Å². The first-order chi connectivity index (χ1) is 9.65. The minimum absolute atomic E-state index is 0.317. The van der Waals surface area contributed by atoms with E-state index >= 15 is 0 Å². The summed E-state index contributed by atoms with van der Waals surface area (Å²) in [5.41, 5.74) is 6.64. The Morgan fingerprint density at radius 1 is 1.35 bits per heavy atom. The lowest BCUT2D eigenvalue weighted by atomic mass is 10.2. The van der Waals surface area contributed by atoms with Crippen molar-refractivity contribution in [3.05, 3.63) is 34.3 Å². The molecule has 0 radical (unpaired) electrons. The van der Waals surface area contributed by atoms with E-state index < -0.39 is 0 Å². The first kappa shape index (κ1) is 14.8. The molecule has 0 fully saturated rings. The van der Waals surface area contributed by atoms with Gasteiger partial charge >= 0.3 is 0 Å². The van der Waals surface area contributed by atoms with E-state index in [0.29, 0.717) is 31.3 Å². The quantitative estimate of drug-likeness (QED) is 0.870. The second kappa shape index (κ2) is 6.71. The number of ether oxygens (including phenoxy) is 2.